The van der Waals surface area contributed by atoms with E-state index in [9.17, 15) is 0 Å². The first-order valence-corrected chi connectivity index (χ1v) is 8.06. The molecule has 0 unspecified atom stereocenters. The van der Waals surface area contributed by atoms with Gasteiger partial charge in [0.15, 0.2) is 0 Å². The lowest BCUT2D eigenvalue weighted by Crippen LogP contribution is -2.03. The number of benzene rings is 2. The molecule has 0 saturated heterocycles. The van der Waals surface area contributed by atoms with E-state index in [0.29, 0.717) is 0 Å². The lowest BCUT2D eigenvalue weighted by molar-refractivity contribution is 1.08. The van der Waals surface area contributed by atoms with E-state index in [-0.39, 0.29) is 0 Å². The van der Waals surface area contributed by atoms with Crippen molar-refractivity contribution in [2.24, 2.45) is 0 Å². The number of nitrogens with one attached hydrogen (secondary N) is 2. The molecule has 2 N–H and O–H groups in total. The van der Waals surface area contributed by atoms with Gasteiger partial charge in [0.1, 0.15) is 18.0 Å². The number of aromatic nitrogens is 2. The van der Waals surface area contributed by atoms with Crippen molar-refractivity contribution in [3.8, 4) is 0 Å². The Labute approximate surface area is 143 Å². The molecule has 1 heterocycles. The minimum Gasteiger partial charge on any atom is -0.366 e. The first-order valence-electron chi connectivity index (χ1n) is 8.06. The summed E-state index contributed by atoms with van der Waals surface area (Å²) in [6.07, 6.45) is 1.57. The van der Waals surface area contributed by atoms with E-state index < -0.39 is 0 Å². The maximum Gasteiger partial charge on any atom is 0.135 e. The topological polar surface area (TPSA) is 49.8 Å². The van der Waals surface area contributed by atoms with E-state index in [0.717, 1.165) is 23.9 Å². The van der Waals surface area contributed by atoms with Gasteiger partial charge in [0.05, 0.1) is 0 Å². The number of anilines is 3. The van der Waals surface area contributed by atoms with Gasteiger partial charge in [-0.05, 0) is 49.6 Å². The van der Waals surface area contributed by atoms with Crippen molar-refractivity contribution in [2.75, 3.05) is 10.6 Å². The molecule has 0 aliphatic carbocycles. The van der Waals surface area contributed by atoms with Gasteiger partial charge in [0.25, 0.3) is 0 Å². The minimum absolute atomic E-state index is 0.738. The van der Waals surface area contributed by atoms with Gasteiger partial charge in [-0.25, -0.2) is 9.97 Å². The van der Waals surface area contributed by atoms with E-state index >= 15 is 0 Å². The van der Waals surface area contributed by atoms with E-state index in [1.54, 1.807) is 6.33 Å². The molecule has 0 atom stereocenters. The Balaban J connectivity index is 1.68. The molecule has 0 spiro atoms. The molecule has 2 aromatic carbocycles. The van der Waals surface area contributed by atoms with E-state index in [4.69, 9.17) is 0 Å². The number of nitrogens with zero attached hydrogens (tertiary/aromatic N) is 2. The van der Waals surface area contributed by atoms with Crippen LogP contribution in [0.1, 0.15) is 22.3 Å². The van der Waals surface area contributed by atoms with Gasteiger partial charge in [-0.3, -0.25) is 0 Å². The molecule has 3 aromatic rings. The van der Waals surface area contributed by atoms with Crippen LogP contribution in [-0.4, -0.2) is 9.97 Å². The summed E-state index contributed by atoms with van der Waals surface area (Å²) >= 11 is 0. The fraction of sp³-hybridized carbons (Fsp3) is 0.200. The summed E-state index contributed by atoms with van der Waals surface area (Å²) in [4.78, 5) is 8.58. The molecule has 0 bridgehead atoms. The fourth-order valence-electron chi connectivity index (χ4n) is 2.50. The lowest BCUT2D eigenvalue weighted by atomic mass is 10.1. The minimum atomic E-state index is 0.738. The molecule has 1 aromatic heterocycles. The van der Waals surface area contributed by atoms with Crippen molar-refractivity contribution in [3.05, 3.63) is 77.1 Å². The molecule has 0 aliphatic rings. The van der Waals surface area contributed by atoms with Gasteiger partial charge < -0.3 is 10.6 Å². The lowest BCUT2D eigenvalue weighted by Gasteiger charge is -2.10. The standard InChI is InChI=1S/C20H22N4/c1-14-5-4-6-17(9-14)12-21-19-11-20(23-13-22-19)24-18-8-7-15(2)16(3)10-18/h4-11,13H,12H2,1-3H3,(H2,21,22,23,24). The van der Waals surface area contributed by atoms with Crippen LogP contribution in [0.15, 0.2) is 54.9 Å². The summed E-state index contributed by atoms with van der Waals surface area (Å²) in [5.74, 6) is 1.58. The second-order valence-electron chi connectivity index (χ2n) is 6.06. The summed E-state index contributed by atoms with van der Waals surface area (Å²) < 4.78 is 0. The van der Waals surface area contributed by atoms with Crippen molar-refractivity contribution in [2.45, 2.75) is 27.3 Å². The molecular weight excluding hydrogens is 296 g/mol. The van der Waals surface area contributed by atoms with Crippen LogP contribution in [0.4, 0.5) is 17.3 Å². The Bertz CT molecular complexity index is 843. The van der Waals surface area contributed by atoms with Crippen molar-refractivity contribution in [1.82, 2.24) is 9.97 Å². The highest BCUT2D eigenvalue weighted by molar-refractivity contribution is 5.60. The summed E-state index contributed by atoms with van der Waals surface area (Å²) in [7, 11) is 0. The van der Waals surface area contributed by atoms with Gasteiger partial charge in [-0.2, -0.15) is 0 Å². The number of hydrogen-bond acceptors (Lipinski definition) is 4. The van der Waals surface area contributed by atoms with E-state index in [1.165, 1.54) is 22.3 Å². The zero-order valence-corrected chi connectivity index (χ0v) is 14.3. The van der Waals surface area contributed by atoms with Crippen LogP contribution < -0.4 is 10.6 Å². The van der Waals surface area contributed by atoms with E-state index in [1.807, 2.05) is 6.07 Å². The van der Waals surface area contributed by atoms with Gasteiger partial charge in [-0.1, -0.05) is 35.9 Å². The predicted molar refractivity (Wildman–Crippen MR) is 99.7 cm³/mol. The molecule has 122 valence electrons. The second kappa shape index (κ2) is 7.13. The van der Waals surface area contributed by atoms with Gasteiger partial charge >= 0.3 is 0 Å². The Morgan fingerprint density at radius 1 is 0.833 bits per heavy atom. The van der Waals surface area contributed by atoms with Crippen LogP contribution in [0, 0.1) is 20.8 Å². The monoisotopic (exact) mass is 318 g/mol. The van der Waals surface area contributed by atoms with Gasteiger partial charge in [-0.15, -0.1) is 0 Å². The third-order valence-electron chi connectivity index (χ3n) is 4.00. The molecule has 4 nitrogen and oxygen atoms in total. The molecular formula is C20H22N4. The molecule has 0 amide bonds. The first-order chi connectivity index (χ1) is 11.6. The molecule has 24 heavy (non-hydrogen) atoms. The quantitative estimate of drug-likeness (QED) is 0.712. The number of aryl methyl sites for hydroxylation is 3. The Morgan fingerprint density at radius 2 is 1.67 bits per heavy atom. The SMILES string of the molecule is Cc1cccc(CNc2cc(Nc3ccc(C)c(C)c3)ncn2)c1. The second-order valence-corrected chi connectivity index (χ2v) is 6.06. The number of rotatable bonds is 5. The van der Waals surface area contributed by atoms with Crippen molar-refractivity contribution >= 4 is 17.3 Å². The molecule has 0 aliphatic heterocycles. The van der Waals surface area contributed by atoms with E-state index in [2.05, 4.69) is 83.8 Å². The fourth-order valence-corrected chi connectivity index (χ4v) is 2.50. The maximum absolute atomic E-state index is 4.29. The zero-order chi connectivity index (χ0) is 16.9. The average Bonchev–Trinajstić information content (AvgIpc) is 2.57. The first kappa shape index (κ1) is 16.0. The van der Waals surface area contributed by atoms with Crippen molar-refractivity contribution in [1.29, 1.82) is 0 Å². The highest BCUT2D eigenvalue weighted by atomic mass is 15.1. The number of hydrogen-bond donors (Lipinski definition) is 2. The molecule has 0 saturated carbocycles. The van der Waals surface area contributed by atoms with Gasteiger partial charge in [0.2, 0.25) is 0 Å². The van der Waals surface area contributed by atoms with Crippen LogP contribution in [0.2, 0.25) is 0 Å². The highest BCUT2D eigenvalue weighted by Gasteiger charge is 2.02. The highest BCUT2D eigenvalue weighted by Crippen LogP contribution is 2.19. The Morgan fingerprint density at radius 3 is 2.46 bits per heavy atom. The summed E-state index contributed by atoms with van der Waals surface area (Å²) in [5.41, 5.74) is 6.06. The molecule has 0 fully saturated rings. The smallest absolute Gasteiger partial charge is 0.135 e. The Kier molecular flexibility index (Phi) is 4.75. The van der Waals surface area contributed by atoms with Crippen LogP contribution in [-0.2, 0) is 6.54 Å². The summed E-state index contributed by atoms with van der Waals surface area (Å²) in [5, 5.41) is 6.67. The van der Waals surface area contributed by atoms with Crippen LogP contribution in [0.3, 0.4) is 0 Å². The molecule has 4 heteroatoms. The molecule has 3 rings (SSSR count). The predicted octanol–water partition coefficient (Wildman–Crippen LogP) is 4.76. The van der Waals surface area contributed by atoms with Crippen molar-refractivity contribution < 1.29 is 0 Å². The Hall–Kier alpha value is -2.88. The maximum atomic E-state index is 4.29. The van der Waals surface area contributed by atoms with Crippen LogP contribution in [0.5, 0.6) is 0 Å². The molecule has 0 radical (unpaired) electrons. The van der Waals surface area contributed by atoms with Crippen molar-refractivity contribution in [3.63, 3.8) is 0 Å². The third kappa shape index (κ3) is 4.10. The van der Waals surface area contributed by atoms with Crippen LogP contribution in [0.25, 0.3) is 0 Å². The summed E-state index contributed by atoms with van der Waals surface area (Å²) in [6, 6.07) is 16.7. The zero-order valence-electron chi connectivity index (χ0n) is 14.3. The largest absolute Gasteiger partial charge is 0.366 e. The summed E-state index contributed by atoms with van der Waals surface area (Å²) in [6.45, 7) is 7.05. The third-order valence-corrected chi connectivity index (χ3v) is 4.00. The van der Waals surface area contributed by atoms with Gasteiger partial charge in [0, 0.05) is 18.3 Å². The van der Waals surface area contributed by atoms with Crippen LogP contribution >= 0.6 is 0 Å². The average molecular weight is 318 g/mol. The normalized spacial score (nSPS) is 10.5.